The van der Waals surface area contributed by atoms with E-state index in [9.17, 15) is 0 Å². The minimum atomic E-state index is 1.04. The van der Waals surface area contributed by atoms with Crippen LogP contribution in [0.15, 0.2) is 42.7 Å². The Morgan fingerprint density at radius 2 is 1.93 bits per heavy atom. The Morgan fingerprint density at radius 3 is 2.57 bits per heavy atom. The summed E-state index contributed by atoms with van der Waals surface area (Å²) in [5.41, 5.74) is 1.23. The van der Waals surface area contributed by atoms with Gasteiger partial charge in [-0.2, -0.15) is 4.57 Å². The molecular formula is C12H15N2+. The van der Waals surface area contributed by atoms with Crippen LogP contribution < -0.4 is 4.57 Å². The molecular weight excluding hydrogens is 172 g/mol. The molecule has 14 heavy (non-hydrogen) atoms. The number of rotatable bonds is 2. The van der Waals surface area contributed by atoms with Crippen molar-refractivity contribution in [1.82, 2.24) is 4.57 Å². The van der Waals surface area contributed by atoms with Crippen LogP contribution in [0.3, 0.4) is 0 Å². The summed E-state index contributed by atoms with van der Waals surface area (Å²) in [7, 11) is 2.08. The van der Waals surface area contributed by atoms with Crippen LogP contribution in [0, 0.1) is 0 Å². The van der Waals surface area contributed by atoms with E-state index in [1.165, 1.54) is 11.5 Å². The van der Waals surface area contributed by atoms with Crippen molar-refractivity contribution in [3.8, 4) is 5.69 Å². The van der Waals surface area contributed by atoms with Crippen LogP contribution in [-0.2, 0) is 13.5 Å². The molecule has 0 aliphatic rings. The van der Waals surface area contributed by atoms with E-state index in [4.69, 9.17) is 0 Å². The highest BCUT2D eigenvalue weighted by molar-refractivity contribution is 5.31. The molecule has 72 valence electrons. The summed E-state index contributed by atoms with van der Waals surface area (Å²) >= 11 is 0. The highest BCUT2D eigenvalue weighted by Crippen LogP contribution is 2.08. The maximum Gasteiger partial charge on any atom is 0.261 e. The van der Waals surface area contributed by atoms with Crippen LogP contribution in [0.2, 0.25) is 0 Å². The molecule has 0 unspecified atom stereocenters. The summed E-state index contributed by atoms with van der Waals surface area (Å²) in [6, 6.07) is 10.4. The molecule has 2 aromatic rings. The first-order valence-corrected chi connectivity index (χ1v) is 4.94. The van der Waals surface area contributed by atoms with Gasteiger partial charge >= 0.3 is 0 Å². The highest BCUT2D eigenvalue weighted by Gasteiger charge is 2.12. The first-order valence-electron chi connectivity index (χ1n) is 4.94. The number of imidazole rings is 1. The predicted molar refractivity (Wildman–Crippen MR) is 56.3 cm³/mol. The Morgan fingerprint density at radius 1 is 1.21 bits per heavy atom. The van der Waals surface area contributed by atoms with Crippen LogP contribution in [0.1, 0.15) is 12.7 Å². The van der Waals surface area contributed by atoms with Crippen LogP contribution >= 0.6 is 0 Å². The average molecular weight is 187 g/mol. The minimum absolute atomic E-state index is 1.04. The van der Waals surface area contributed by atoms with Gasteiger partial charge in [0.15, 0.2) is 0 Å². The van der Waals surface area contributed by atoms with Gasteiger partial charge in [0.1, 0.15) is 18.1 Å². The standard InChI is InChI=1S/C12H15N2/c1-3-12-13(2)9-10-14(12)11-7-5-4-6-8-11/h4-10H,3H2,1-2H3/q+1. The first kappa shape index (κ1) is 9.00. The molecule has 1 aromatic heterocycles. The van der Waals surface area contributed by atoms with Gasteiger partial charge < -0.3 is 0 Å². The second-order valence-electron chi connectivity index (χ2n) is 3.38. The summed E-state index contributed by atoms with van der Waals surface area (Å²) in [6.07, 6.45) is 5.23. The van der Waals surface area contributed by atoms with Crippen molar-refractivity contribution in [1.29, 1.82) is 0 Å². The number of aromatic nitrogens is 2. The van der Waals surface area contributed by atoms with E-state index in [0.29, 0.717) is 0 Å². The van der Waals surface area contributed by atoms with E-state index >= 15 is 0 Å². The summed E-state index contributed by atoms with van der Waals surface area (Å²) in [5.74, 6) is 1.32. The van der Waals surface area contributed by atoms with E-state index in [0.717, 1.165) is 6.42 Å². The third-order valence-corrected chi connectivity index (χ3v) is 2.48. The van der Waals surface area contributed by atoms with Crippen LogP contribution in [0.4, 0.5) is 0 Å². The normalized spacial score (nSPS) is 10.4. The summed E-state index contributed by atoms with van der Waals surface area (Å²) in [4.78, 5) is 0. The van der Waals surface area contributed by atoms with Gasteiger partial charge in [-0.1, -0.05) is 25.1 Å². The van der Waals surface area contributed by atoms with Gasteiger partial charge in [-0.05, 0) is 12.1 Å². The zero-order valence-corrected chi connectivity index (χ0v) is 8.64. The molecule has 0 bridgehead atoms. The molecule has 2 heteroatoms. The lowest BCUT2D eigenvalue weighted by Crippen LogP contribution is -2.31. The fraction of sp³-hybridized carbons (Fsp3) is 0.250. The van der Waals surface area contributed by atoms with Crippen LogP contribution in [0.5, 0.6) is 0 Å². The lowest BCUT2D eigenvalue weighted by molar-refractivity contribution is -0.678. The van der Waals surface area contributed by atoms with E-state index in [2.05, 4.69) is 59.8 Å². The number of hydrogen-bond donors (Lipinski definition) is 0. The third kappa shape index (κ3) is 1.43. The molecule has 2 rings (SSSR count). The zero-order valence-electron chi connectivity index (χ0n) is 8.64. The van der Waals surface area contributed by atoms with E-state index in [1.54, 1.807) is 0 Å². The Bertz CT molecular complexity index is 415. The summed E-state index contributed by atoms with van der Waals surface area (Å²) < 4.78 is 4.38. The SMILES string of the molecule is CCc1n(-c2ccccc2)cc[n+]1C. The number of hydrogen-bond acceptors (Lipinski definition) is 0. The van der Waals surface area contributed by atoms with E-state index in [-0.39, 0.29) is 0 Å². The van der Waals surface area contributed by atoms with E-state index < -0.39 is 0 Å². The third-order valence-electron chi connectivity index (χ3n) is 2.48. The molecule has 0 aliphatic heterocycles. The van der Waals surface area contributed by atoms with Crippen molar-refractivity contribution in [3.05, 3.63) is 48.5 Å². The molecule has 1 heterocycles. The molecule has 2 nitrogen and oxygen atoms in total. The number of para-hydroxylation sites is 1. The monoisotopic (exact) mass is 187 g/mol. The number of benzene rings is 1. The number of nitrogens with zero attached hydrogens (tertiary/aromatic N) is 2. The van der Waals surface area contributed by atoms with Crippen molar-refractivity contribution in [2.75, 3.05) is 0 Å². The van der Waals surface area contributed by atoms with Gasteiger partial charge in [-0.3, -0.25) is 0 Å². The van der Waals surface area contributed by atoms with Gasteiger partial charge in [-0.15, -0.1) is 0 Å². The second kappa shape index (κ2) is 3.66. The maximum atomic E-state index is 2.22. The van der Waals surface area contributed by atoms with Crippen molar-refractivity contribution in [2.45, 2.75) is 13.3 Å². The van der Waals surface area contributed by atoms with Crippen molar-refractivity contribution in [3.63, 3.8) is 0 Å². The van der Waals surface area contributed by atoms with Gasteiger partial charge in [0, 0.05) is 6.42 Å². The molecule has 0 spiro atoms. The lowest BCUT2D eigenvalue weighted by Gasteiger charge is -1.99. The lowest BCUT2D eigenvalue weighted by atomic mass is 10.3. The minimum Gasteiger partial charge on any atom is -0.237 e. The molecule has 0 N–H and O–H groups in total. The smallest absolute Gasteiger partial charge is 0.237 e. The molecule has 0 saturated carbocycles. The Labute approximate surface area is 84.4 Å². The maximum absolute atomic E-state index is 2.22. The summed E-state index contributed by atoms with van der Waals surface area (Å²) in [5, 5.41) is 0. The molecule has 0 atom stereocenters. The Kier molecular flexibility index (Phi) is 2.35. The molecule has 0 amide bonds. The topological polar surface area (TPSA) is 8.81 Å². The molecule has 0 saturated heterocycles. The van der Waals surface area contributed by atoms with Gasteiger partial charge in [0.25, 0.3) is 5.82 Å². The largest absolute Gasteiger partial charge is 0.261 e. The molecule has 0 fully saturated rings. The van der Waals surface area contributed by atoms with Gasteiger partial charge in [0.2, 0.25) is 0 Å². The average Bonchev–Trinajstić information content (AvgIpc) is 2.61. The van der Waals surface area contributed by atoms with Gasteiger partial charge in [0.05, 0.1) is 7.05 Å². The highest BCUT2D eigenvalue weighted by atomic mass is 15.1. The first-order chi connectivity index (χ1) is 6.83. The fourth-order valence-corrected chi connectivity index (χ4v) is 1.75. The van der Waals surface area contributed by atoms with E-state index in [1.807, 2.05) is 6.07 Å². The number of aryl methyl sites for hydroxylation is 1. The van der Waals surface area contributed by atoms with Crippen LogP contribution in [0.25, 0.3) is 5.69 Å². The Hall–Kier alpha value is -1.57. The van der Waals surface area contributed by atoms with Crippen LogP contribution in [-0.4, -0.2) is 4.57 Å². The van der Waals surface area contributed by atoms with Gasteiger partial charge in [-0.25, -0.2) is 4.57 Å². The quantitative estimate of drug-likeness (QED) is 0.635. The zero-order chi connectivity index (χ0) is 9.97. The molecule has 1 aromatic carbocycles. The van der Waals surface area contributed by atoms with Crippen molar-refractivity contribution in [2.24, 2.45) is 7.05 Å². The van der Waals surface area contributed by atoms with Crippen molar-refractivity contribution >= 4 is 0 Å². The molecule has 0 radical (unpaired) electrons. The van der Waals surface area contributed by atoms with Crippen molar-refractivity contribution < 1.29 is 4.57 Å². The molecule has 0 aliphatic carbocycles. The fourth-order valence-electron chi connectivity index (χ4n) is 1.75. The summed E-state index contributed by atoms with van der Waals surface area (Å²) in [6.45, 7) is 2.18. The Balaban J connectivity index is 2.52. The predicted octanol–water partition coefficient (Wildman–Crippen LogP) is 1.86. The second-order valence-corrected chi connectivity index (χ2v) is 3.38.